The van der Waals surface area contributed by atoms with Gasteiger partial charge in [0.15, 0.2) is 0 Å². The monoisotopic (exact) mass is 1010 g/mol. The maximum Gasteiger partial charge on any atom is 0.253 e. The minimum Gasteiger partial charge on any atom is -0.343 e. The molecule has 74 heavy (non-hydrogen) atoms. The van der Waals surface area contributed by atoms with Crippen molar-refractivity contribution in [3.8, 4) is 0 Å². The standard InChI is InChI=1S/C60H78N8O6/c1-41(61-3)55(69)63-53(45-21-11-12-22-45)59(73)67-33-15-25-51(67)39-65(35-31-43-17-7-5-8-18-43)57(71)49-29-27-48-38-50(30-28-47(48)37-49)58(72)66(36-32-44-19-9-6-10-20-44)40-52-26-16-34-68(52)60(74)54(46-23-13-14-24-46)64-56(70)42(2)62-4/h5-11,17-21,27-30,37-38,41-42,45-46,51-54,61-62H,12-16,22-26,31-36,39-40H2,1-4H3,(H,63,69)(H,64,70)/t41-,42-,45?,51-,52-,53-,54-/m0/s1. The van der Waals surface area contributed by atoms with Crippen molar-refractivity contribution >= 4 is 46.2 Å². The summed E-state index contributed by atoms with van der Waals surface area (Å²) in [5.41, 5.74) is 3.26. The van der Waals surface area contributed by atoms with Crippen LogP contribution in [-0.4, -0.2) is 145 Å². The molecule has 2 heterocycles. The summed E-state index contributed by atoms with van der Waals surface area (Å²) >= 11 is 0. The fourth-order valence-corrected chi connectivity index (χ4v) is 11.5. The Bertz CT molecular complexity index is 2600. The third-order valence-electron chi connectivity index (χ3n) is 16.2. The van der Waals surface area contributed by atoms with Gasteiger partial charge in [0, 0.05) is 68.4 Å². The third kappa shape index (κ3) is 13.3. The number of benzene rings is 4. The van der Waals surface area contributed by atoms with Crippen LogP contribution in [-0.2, 0) is 32.0 Å². The zero-order chi connectivity index (χ0) is 52.1. The molecule has 8 rings (SSSR count). The second kappa shape index (κ2) is 25.7. The second-order valence-electron chi connectivity index (χ2n) is 21.1. The number of hydrogen-bond acceptors (Lipinski definition) is 8. The topological polar surface area (TPSA) is 163 Å². The van der Waals surface area contributed by atoms with Gasteiger partial charge in [0.05, 0.1) is 12.1 Å². The molecule has 4 N–H and O–H groups in total. The summed E-state index contributed by atoms with van der Waals surface area (Å²) in [5, 5.41) is 13.8. The molecule has 394 valence electrons. The average Bonchev–Trinajstić information content (AvgIpc) is 4.31. The highest BCUT2D eigenvalue weighted by atomic mass is 16.2. The van der Waals surface area contributed by atoms with Crippen molar-refractivity contribution in [3.63, 3.8) is 0 Å². The van der Waals surface area contributed by atoms with Gasteiger partial charge in [-0.2, -0.15) is 0 Å². The first-order valence-electron chi connectivity index (χ1n) is 27.4. The van der Waals surface area contributed by atoms with Crippen molar-refractivity contribution < 1.29 is 28.8 Å². The number of carbonyl (C=O) groups is 6. The number of allylic oxidation sites excluding steroid dienone is 1. The number of rotatable bonds is 22. The van der Waals surface area contributed by atoms with Crippen molar-refractivity contribution in [2.75, 3.05) is 53.4 Å². The Morgan fingerprint density at radius 3 is 1.47 bits per heavy atom. The van der Waals surface area contributed by atoms with Crippen LogP contribution in [0.15, 0.2) is 109 Å². The number of amides is 6. The predicted octanol–water partition coefficient (Wildman–Crippen LogP) is 6.53. The number of likely N-dealkylation sites (tertiary alicyclic amines) is 2. The molecule has 2 aliphatic carbocycles. The second-order valence-corrected chi connectivity index (χ2v) is 21.1. The lowest BCUT2D eigenvalue weighted by molar-refractivity contribution is -0.139. The molecule has 7 atom stereocenters. The molecule has 1 saturated carbocycles. The van der Waals surface area contributed by atoms with Gasteiger partial charge in [-0.25, -0.2) is 0 Å². The van der Waals surface area contributed by atoms with E-state index >= 15 is 0 Å². The molecular formula is C60H78N8O6. The zero-order valence-corrected chi connectivity index (χ0v) is 44.0. The molecule has 6 amide bonds. The summed E-state index contributed by atoms with van der Waals surface area (Å²) in [6.07, 6.45) is 14.1. The van der Waals surface area contributed by atoms with Gasteiger partial charge in [-0.1, -0.05) is 97.8 Å². The first kappa shape index (κ1) is 53.9. The minimum absolute atomic E-state index is 0.0543. The summed E-state index contributed by atoms with van der Waals surface area (Å²) in [5.74, 6) is -0.841. The molecule has 4 aromatic carbocycles. The number of carbonyl (C=O) groups excluding carboxylic acids is 6. The number of nitrogens with zero attached hydrogens (tertiary/aromatic N) is 4. The molecule has 1 unspecified atom stereocenters. The predicted molar refractivity (Wildman–Crippen MR) is 290 cm³/mol. The highest BCUT2D eigenvalue weighted by Gasteiger charge is 2.41. The minimum atomic E-state index is -0.687. The highest BCUT2D eigenvalue weighted by molar-refractivity contribution is 6.02. The van der Waals surface area contributed by atoms with Crippen LogP contribution in [0.4, 0.5) is 0 Å². The molecule has 2 aliphatic heterocycles. The number of fused-ring (bicyclic) bond motifs is 1. The highest BCUT2D eigenvalue weighted by Crippen LogP contribution is 2.32. The maximum atomic E-state index is 14.8. The van der Waals surface area contributed by atoms with Crippen molar-refractivity contribution in [2.45, 2.75) is 127 Å². The largest absolute Gasteiger partial charge is 0.343 e. The van der Waals surface area contributed by atoms with Crippen molar-refractivity contribution in [1.29, 1.82) is 0 Å². The van der Waals surface area contributed by atoms with E-state index in [0.717, 1.165) is 86.1 Å². The molecule has 14 heteroatoms. The Morgan fingerprint density at radius 2 is 1.03 bits per heavy atom. The Morgan fingerprint density at radius 1 is 0.568 bits per heavy atom. The van der Waals surface area contributed by atoms with Crippen molar-refractivity contribution in [1.82, 2.24) is 40.9 Å². The van der Waals surface area contributed by atoms with E-state index in [9.17, 15) is 28.8 Å². The van der Waals surface area contributed by atoms with E-state index in [2.05, 4.69) is 51.6 Å². The van der Waals surface area contributed by atoms with Gasteiger partial charge < -0.3 is 40.9 Å². The molecule has 0 aromatic heterocycles. The van der Waals surface area contributed by atoms with E-state index in [0.29, 0.717) is 63.2 Å². The summed E-state index contributed by atoms with van der Waals surface area (Å²) in [7, 11) is 3.47. The lowest BCUT2D eigenvalue weighted by Gasteiger charge is -2.35. The quantitative estimate of drug-likeness (QED) is 0.0646. The van der Waals surface area contributed by atoms with E-state index in [1.807, 2.05) is 98.5 Å². The first-order valence-corrected chi connectivity index (χ1v) is 27.4. The molecular weight excluding hydrogens is 929 g/mol. The lowest BCUT2D eigenvalue weighted by atomic mass is 9.96. The van der Waals surface area contributed by atoms with Gasteiger partial charge in [-0.3, -0.25) is 28.8 Å². The van der Waals surface area contributed by atoms with Crippen LogP contribution in [0.3, 0.4) is 0 Å². The van der Waals surface area contributed by atoms with Crippen LogP contribution in [0.25, 0.3) is 10.8 Å². The van der Waals surface area contributed by atoms with Gasteiger partial charge in [-0.05, 0) is 144 Å². The van der Waals surface area contributed by atoms with Gasteiger partial charge in [0.1, 0.15) is 12.1 Å². The maximum absolute atomic E-state index is 14.8. The molecule has 0 spiro atoms. The normalized spacial score (nSPS) is 20.3. The SMILES string of the molecule is CN[C@@H](C)C(=O)N[C@H](C(=O)N1CCC[C@H]1CN(CCc1ccccc1)C(=O)c1ccc2cc(C(=O)N(CCc3ccccc3)C[C@@H]3CCCN3C(=O)[C@@H](NC(=O)[C@H](C)NC)C3CCCC3)ccc2c1)C1C=CCC1. The van der Waals surface area contributed by atoms with Crippen LogP contribution in [0.1, 0.15) is 110 Å². The molecule has 4 aromatic rings. The smallest absolute Gasteiger partial charge is 0.253 e. The lowest BCUT2D eigenvalue weighted by Crippen LogP contribution is -2.57. The van der Waals surface area contributed by atoms with E-state index in [-0.39, 0.29) is 59.4 Å². The summed E-state index contributed by atoms with van der Waals surface area (Å²) in [4.78, 5) is 92.6. The van der Waals surface area contributed by atoms with Crippen molar-refractivity contribution in [2.24, 2.45) is 11.8 Å². The number of nitrogens with one attached hydrogen (secondary N) is 4. The number of likely N-dealkylation sites (N-methyl/N-ethyl adjacent to an activating group) is 2. The fraction of sp³-hybridized carbons (Fsp3) is 0.500. The molecule has 2 saturated heterocycles. The molecule has 0 bridgehead atoms. The zero-order valence-electron chi connectivity index (χ0n) is 44.0. The molecule has 3 fully saturated rings. The van der Waals surface area contributed by atoms with E-state index in [4.69, 9.17) is 0 Å². The number of hydrogen-bond donors (Lipinski definition) is 4. The Hall–Kier alpha value is -6.38. The molecule has 14 nitrogen and oxygen atoms in total. The first-order chi connectivity index (χ1) is 35.9. The van der Waals surface area contributed by atoms with Gasteiger partial charge in [0.2, 0.25) is 23.6 Å². The van der Waals surface area contributed by atoms with Gasteiger partial charge >= 0.3 is 0 Å². The van der Waals surface area contributed by atoms with E-state index in [1.165, 1.54) is 0 Å². The Labute approximate surface area is 438 Å². The summed E-state index contributed by atoms with van der Waals surface area (Å²) < 4.78 is 0. The van der Waals surface area contributed by atoms with E-state index in [1.54, 1.807) is 27.9 Å². The summed E-state index contributed by atoms with van der Waals surface area (Å²) in [6, 6.07) is 28.9. The summed E-state index contributed by atoms with van der Waals surface area (Å²) in [6.45, 7) is 6.35. The Balaban J connectivity index is 1.01. The van der Waals surface area contributed by atoms with Crippen LogP contribution >= 0.6 is 0 Å². The third-order valence-corrected chi connectivity index (χ3v) is 16.2. The Kier molecular flexibility index (Phi) is 18.7. The fourth-order valence-electron chi connectivity index (χ4n) is 11.5. The molecule has 0 radical (unpaired) electrons. The van der Waals surface area contributed by atoms with Crippen LogP contribution < -0.4 is 21.3 Å². The average molecular weight is 1010 g/mol. The van der Waals surface area contributed by atoms with Gasteiger partial charge in [-0.15, -0.1) is 0 Å². The van der Waals surface area contributed by atoms with Crippen LogP contribution in [0.2, 0.25) is 0 Å². The van der Waals surface area contributed by atoms with Gasteiger partial charge in [0.25, 0.3) is 11.8 Å². The van der Waals surface area contributed by atoms with Crippen LogP contribution in [0, 0.1) is 11.8 Å². The van der Waals surface area contributed by atoms with Crippen LogP contribution in [0.5, 0.6) is 0 Å². The van der Waals surface area contributed by atoms with Crippen molar-refractivity contribution in [3.05, 3.63) is 131 Å². The van der Waals surface area contributed by atoms with E-state index < -0.39 is 24.2 Å². The molecule has 4 aliphatic rings.